The summed E-state index contributed by atoms with van der Waals surface area (Å²) in [6, 6.07) is -0.254. The fourth-order valence-electron chi connectivity index (χ4n) is 1.99. The van der Waals surface area contributed by atoms with Gasteiger partial charge in [0.05, 0.1) is 6.04 Å². The molecule has 1 heterocycles. The molecular weight excluding hydrogens is 190 g/mol. The van der Waals surface area contributed by atoms with Crippen molar-refractivity contribution in [1.82, 2.24) is 9.80 Å². The number of nitrogens with zero attached hydrogens (tertiary/aromatic N) is 2. The highest BCUT2D eigenvalue weighted by atomic mass is 16.2. The van der Waals surface area contributed by atoms with Crippen LogP contribution >= 0.6 is 0 Å². The SMILES string of the molecule is CCN(CC)CCN1CCC[C@@H](N)C1=O. The van der Waals surface area contributed by atoms with Gasteiger partial charge in [-0.3, -0.25) is 4.79 Å². The summed E-state index contributed by atoms with van der Waals surface area (Å²) in [6.45, 7) is 9.06. The van der Waals surface area contributed by atoms with Crippen LogP contribution in [-0.2, 0) is 4.79 Å². The van der Waals surface area contributed by atoms with E-state index >= 15 is 0 Å². The normalized spacial score (nSPS) is 22.5. The van der Waals surface area contributed by atoms with Gasteiger partial charge in [0.25, 0.3) is 0 Å². The van der Waals surface area contributed by atoms with Crippen molar-refractivity contribution in [2.75, 3.05) is 32.7 Å². The molecule has 0 saturated carbocycles. The van der Waals surface area contributed by atoms with Crippen molar-refractivity contribution in [3.63, 3.8) is 0 Å². The Bertz CT molecular complexity index is 204. The summed E-state index contributed by atoms with van der Waals surface area (Å²) in [6.07, 6.45) is 1.89. The number of nitrogens with two attached hydrogens (primary N) is 1. The van der Waals surface area contributed by atoms with Crippen molar-refractivity contribution in [3.8, 4) is 0 Å². The van der Waals surface area contributed by atoms with Crippen molar-refractivity contribution >= 4 is 5.91 Å². The van der Waals surface area contributed by atoms with E-state index in [9.17, 15) is 4.79 Å². The molecule has 4 nitrogen and oxygen atoms in total. The molecule has 1 aliphatic heterocycles. The summed E-state index contributed by atoms with van der Waals surface area (Å²) in [5.41, 5.74) is 5.74. The first-order chi connectivity index (χ1) is 7.19. The van der Waals surface area contributed by atoms with E-state index in [1.54, 1.807) is 0 Å². The van der Waals surface area contributed by atoms with Crippen LogP contribution in [0.15, 0.2) is 0 Å². The van der Waals surface area contributed by atoms with Gasteiger partial charge in [0.15, 0.2) is 0 Å². The lowest BCUT2D eigenvalue weighted by Gasteiger charge is -2.32. The van der Waals surface area contributed by atoms with Gasteiger partial charge in [-0.1, -0.05) is 13.8 Å². The molecule has 1 rings (SSSR count). The molecule has 0 radical (unpaired) electrons. The number of carbonyl (C=O) groups is 1. The molecule has 1 atom stereocenters. The Hall–Kier alpha value is -0.610. The van der Waals surface area contributed by atoms with Crippen molar-refractivity contribution < 1.29 is 4.79 Å². The zero-order chi connectivity index (χ0) is 11.3. The first kappa shape index (κ1) is 12.5. The van der Waals surface area contributed by atoms with Gasteiger partial charge < -0.3 is 15.5 Å². The molecule has 1 aliphatic rings. The molecule has 15 heavy (non-hydrogen) atoms. The second-order valence-corrected chi connectivity index (χ2v) is 4.10. The molecule has 0 bridgehead atoms. The van der Waals surface area contributed by atoms with Crippen molar-refractivity contribution in [3.05, 3.63) is 0 Å². The van der Waals surface area contributed by atoms with Crippen LogP contribution in [0.1, 0.15) is 26.7 Å². The maximum absolute atomic E-state index is 11.7. The average Bonchev–Trinajstić information content (AvgIpc) is 2.25. The largest absolute Gasteiger partial charge is 0.340 e. The van der Waals surface area contributed by atoms with Crippen molar-refractivity contribution in [1.29, 1.82) is 0 Å². The fourth-order valence-corrected chi connectivity index (χ4v) is 1.99. The van der Waals surface area contributed by atoms with E-state index in [2.05, 4.69) is 18.7 Å². The number of amides is 1. The Balaban J connectivity index is 2.34. The Morgan fingerprint density at radius 3 is 2.73 bits per heavy atom. The summed E-state index contributed by atoms with van der Waals surface area (Å²) < 4.78 is 0. The quantitative estimate of drug-likeness (QED) is 0.713. The molecule has 88 valence electrons. The standard InChI is InChI=1S/C11H23N3O/c1-3-13(4-2)8-9-14-7-5-6-10(12)11(14)15/h10H,3-9,12H2,1-2H3/t10-/m1/s1. The molecule has 0 unspecified atom stereocenters. The second-order valence-electron chi connectivity index (χ2n) is 4.10. The fraction of sp³-hybridized carbons (Fsp3) is 0.909. The number of piperidine rings is 1. The third-order valence-corrected chi connectivity index (χ3v) is 3.15. The van der Waals surface area contributed by atoms with Crippen molar-refractivity contribution in [2.24, 2.45) is 5.73 Å². The van der Waals surface area contributed by atoms with Crippen LogP contribution in [0.5, 0.6) is 0 Å². The summed E-state index contributed by atoms with van der Waals surface area (Å²) in [5, 5.41) is 0. The minimum Gasteiger partial charge on any atom is -0.340 e. The number of rotatable bonds is 5. The zero-order valence-electron chi connectivity index (χ0n) is 9.91. The molecule has 0 aromatic rings. The third-order valence-electron chi connectivity index (χ3n) is 3.15. The maximum atomic E-state index is 11.7. The predicted molar refractivity (Wildman–Crippen MR) is 61.6 cm³/mol. The average molecular weight is 213 g/mol. The van der Waals surface area contributed by atoms with Gasteiger partial charge in [-0.15, -0.1) is 0 Å². The van der Waals surface area contributed by atoms with Gasteiger partial charge in [-0.05, 0) is 25.9 Å². The van der Waals surface area contributed by atoms with E-state index in [1.165, 1.54) is 0 Å². The van der Waals surface area contributed by atoms with Crippen LogP contribution in [0.4, 0.5) is 0 Å². The summed E-state index contributed by atoms with van der Waals surface area (Å²) in [4.78, 5) is 15.9. The highest BCUT2D eigenvalue weighted by Crippen LogP contribution is 2.09. The first-order valence-corrected chi connectivity index (χ1v) is 5.95. The van der Waals surface area contributed by atoms with Gasteiger partial charge in [0, 0.05) is 19.6 Å². The molecule has 1 amide bonds. The van der Waals surface area contributed by atoms with Crippen molar-refractivity contribution in [2.45, 2.75) is 32.7 Å². The van der Waals surface area contributed by atoms with Crippen LogP contribution in [0.3, 0.4) is 0 Å². The maximum Gasteiger partial charge on any atom is 0.239 e. The smallest absolute Gasteiger partial charge is 0.239 e. The summed E-state index contributed by atoms with van der Waals surface area (Å²) >= 11 is 0. The Morgan fingerprint density at radius 1 is 1.47 bits per heavy atom. The highest BCUT2D eigenvalue weighted by Gasteiger charge is 2.25. The minimum absolute atomic E-state index is 0.133. The van der Waals surface area contributed by atoms with E-state index in [4.69, 9.17) is 5.73 Å². The van der Waals surface area contributed by atoms with Crippen LogP contribution in [0, 0.1) is 0 Å². The third kappa shape index (κ3) is 3.47. The van der Waals surface area contributed by atoms with Crippen LogP contribution in [0.25, 0.3) is 0 Å². The molecule has 0 aliphatic carbocycles. The van der Waals surface area contributed by atoms with E-state index in [0.717, 1.165) is 45.6 Å². The topological polar surface area (TPSA) is 49.6 Å². The molecule has 2 N–H and O–H groups in total. The first-order valence-electron chi connectivity index (χ1n) is 5.95. The highest BCUT2D eigenvalue weighted by molar-refractivity contribution is 5.82. The summed E-state index contributed by atoms with van der Waals surface area (Å²) in [7, 11) is 0. The lowest BCUT2D eigenvalue weighted by molar-refractivity contribution is -0.135. The molecule has 0 aromatic carbocycles. The molecular formula is C11H23N3O. The van der Waals surface area contributed by atoms with Gasteiger partial charge in [-0.25, -0.2) is 0 Å². The number of likely N-dealkylation sites (tertiary alicyclic amines) is 1. The van der Waals surface area contributed by atoms with Gasteiger partial charge in [-0.2, -0.15) is 0 Å². The molecule has 1 saturated heterocycles. The second kappa shape index (κ2) is 6.08. The minimum atomic E-state index is -0.254. The van der Waals surface area contributed by atoms with E-state index in [0.29, 0.717) is 0 Å². The van der Waals surface area contributed by atoms with Gasteiger partial charge in [0.1, 0.15) is 0 Å². The number of carbonyl (C=O) groups excluding carboxylic acids is 1. The van der Waals surface area contributed by atoms with Crippen LogP contribution in [0.2, 0.25) is 0 Å². The lowest BCUT2D eigenvalue weighted by Crippen LogP contribution is -2.50. The number of hydrogen-bond acceptors (Lipinski definition) is 3. The Morgan fingerprint density at radius 2 is 2.13 bits per heavy atom. The zero-order valence-corrected chi connectivity index (χ0v) is 9.91. The monoisotopic (exact) mass is 213 g/mol. The Labute approximate surface area is 92.4 Å². The number of likely N-dealkylation sites (N-methyl/N-ethyl adjacent to an activating group) is 1. The predicted octanol–water partition coefficient (Wildman–Crippen LogP) is 0.278. The van der Waals surface area contributed by atoms with Gasteiger partial charge >= 0.3 is 0 Å². The van der Waals surface area contributed by atoms with E-state index in [-0.39, 0.29) is 11.9 Å². The number of hydrogen-bond donors (Lipinski definition) is 1. The van der Waals surface area contributed by atoms with Gasteiger partial charge in [0.2, 0.25) is 5.91 Å². The van der Waals surface area contributed by atoms with E-state index < -0.39 is 0 Å². The molecule has 0 spiro atoms. The van der Waals surface area contributed by atoms with Crippen LogP contribution in [-0.4, -0.2) is 54.5 Å². The molecule has 4 heteroatoms. The molecule has 0 aromatic heterocycles. The summed E-state index contributed by atoms with van der Waals surface area (Å²) in [5.74, 6) is 0.133. The molecule has 1 fully saturated rings. The lowest BCUT2D eigenvalue weighted by atomic mass is 10.1. The van der Waals surface area contributed by atoms with E-state index in [1.807, 2.05) is 4.90 Å². The Kier molecular flexibility index (Phi) is 5.05. The van der Waals surface area contributed by atoms with Crippen LogP contribution < -0.4 is 5.73 Å².